The van der Waals surface area contributed by atoms with Gasteiger partial charge in [-0.3, -0.25) is 4.99 Å². The molecule has 5 nitrogen and oxygen atoms in total. The van der Waals surface area contributed by atoms with E-state index >= 15 is 0 Å². The van der Waals surface area contributed by atoms with Gasteiger partial charge in [-0.1, -0.05) is 15.9 Å². The number of rotatable bonds is 3. The second-order valence-corrected chi connectivity index (χ2v) is 6.48. The number of aliphatic imine (C=N–C) groups is 1. The Labute approximate surface area is 125 Å². The van der Waals surface area contributed by atoms with Crippen LogP contribution < -0.4 is 5.14 Å². The normalized spacial score (nSPS) is 11.9. The maximum absolute atomic E-state index is 11.1. The van der Waals surface area contributed by atoms with Gasteiger partial charge in [-0.25, -0.2) is 13.6 Å². The first kappa shape index (κ1) is 14.7. The van der Waals surface area contributed by atoms with Gasteiger partial charge in [0.2, 0.25) is 10.0 Å². The summed E-state index contributed by atoms with van der Waals surface area (Å²) < 4.78 is 23.0. The van der Waals surface area contributed by atoms with Crippen LogP contribution in [-0.4, -0.2) is 19.7 Å². The lowest BCUT2D eigenvalue weighted by Gasteiger charge is -2.00. The zero-order valence-corrected chi connectivity index (χ0v) is 12.6. The summed E-state index contributed by atoms with van der Waals surface area (Å²) in [5.41, 5.74) is 1.10. The largest absolute Gasteiger partial charge is 0.507 e. The zero-order chi connectivity index (χ0) is 14.8. The van der Waals surface area contributed by atoms with E-state index in [1.165, 1.54) is 30.5 Å². The maximum Gasteiger partial charge on any atom is 0.238 e. The summed E-state index contributed by atoms with van der Waals surface area (Å²) in [6.07, 6.45) is 1.49. The second-order valence-electron chi connectivity index (χ2n) is 4.00. The van der Waals surface area contributed by atoms with Crippen molar-refractivity contribution in [2.45, 2.75) is 4.90 Å². The molecule has 0 amide bonds. The van der Waals surface area contributed by atoms with Crippen molar-refractivity contribution in [2.24, 2.45) is 10.1 Å². The van der Waals surface area contributed by atoms with Crippen molar-refractivity contribution in [1.29, 1.82) is 0 Å². The molecule has 3 N–H and O–H groups in total. The lowest BCUT2D eigenvalue weighted by atomic mass is 10.2. The predicted molar refractivity (Wildman–Crippen MR) is 80.9 cm³/mol. The second kappa shape index (κ2) is 5.74. The SMILES string of the molecule is NS(=O)(=O)c1ccc(/N=C/c2cc(Br)ccc2O)cc1. The van der Waals surface area contributed by atoms with Crippen LogP contribution in [0.5, 0.6) is 5.75 Å². The van der Waals surface area contributed by atoms with E-state index in [2.05, 4.69) is 20.9 Å². The van der Waals surface area contributed by atoms with Crippen LogP contribution in [0.25, 0.3) is 0 Å². The van der Waals surface area contributed by atoms with Gasteiger partial charge in [-0.15, -0.1) is 0 Å². The van der Waals surface area contributed by atoms with Gasteiger partial charge in [0, 0.05) is 16.3 Å². The number of benzene rings is 2. The monoisotopic (exact) mass is 354 g/mol. The van der Waals surface area contributed by atoms with Crippen molar-refractivity contribution < 1.29 is 13.5 Å². The smallest absolute Gasteiger partial charge is 0.238 e. The van der Waals surface area contributed by atoms with Gasteiger partial charge >= 0.3 is 0 Å². The average Bonchev–Trinajstić information content (AvgIpc) is 2.39. The van der Waals surface area contributed by atoms with Crippen molar-refractivity contribution in [1.82, 2.24) is 0 Å². The van der Waals surface area contributed by atoms with Crippen molar-refractivity contribution in [3.05, 3.63) is 52.5 Å². The molecule has 2 aromatic rings. The van der Waals surface area contributed by atoms with Crippen molar-refractivity contribution >= 4 is 37.9 Å². The lowest BCUT2D eigenvalue weighted by Crippen LogP contribution is -2.11. The molecule has 0 atom stereocenters. The Morgan fingerprint density at radius 2 is 1.80 bits per heavy atom. The highest BCUT2D eigenvalue weighted by atomic mass is 79.9. The number of sulfonamides is 1. The third kappa shape index (κ3) is 3.66. The predicted octanol–water partition coefficient (Wildman–Crippen LogP) is 2.55. The third-order valence-corrected chi connectivity index (χ3v) is 3.93. The molecule has 0 saturated heterocycles. The standard InChI is InChI=1S/C13H11BrN2O3S/c14-10-1-6-13(17)9(7-10)8-16-11-2-4-12(5-3-11)20(15,18)19/h1-8,17H,(H2,15,18,19)/b16-8+. The summed E-state index contributed by atoms with van der Waals surface area (Å²) in [6.45, 7) is 0. The Kier molecular flexibility index (Phi) is 4.22. The van der Waals surface area contributed by atoms with Gasteiger partial charge in [-0.2, -0.15) is 0 Å². The minimum Gasteiger partial charge on any atom is -0.507 e. The number of halogens is 1. The van der Waals surface area contributed by atoms with Crippen LogP contribution in [0.2, 0.25) is 0 Å². The minimum absolute atomic E-state index is 0.0294. The van der Waals surface area contributed by atoms with Crippen molar-refractivity contribution in [2.75, 3.05) is 0 Å². The van der Waals surface area contributed by atoms with E-state index in [1.807, 2.05) is 0 Å². The third-order valence-electron chi connectivity index (χ3n) is 2.51. The van der Waals surface area contributed by atoms with Crippen LogP contribution >= 0.6 is 15.9 Å². The van der Waals surface area contributed by atoms with Crippen LogP contribution in [-0.2, 0) is 10.0 Å². The summed E-state index contributed by atoms with van der Waals surface area (Å²) >= 11 is 3.30. The Balaban J connectivity index is 2.26. The number of phenols is 1. The molecule has 20 heavy (non-hydrogen) atoms. The van der Waals surface area contributed by atoms with E-state index in [0.717, 1.165) is 4.47 Å². The molecule has 0 aliphatic rings. The number of nitrogens with zero attached hydrogens (tertiary/aromatic N) is 1. The van der Waals surface area contributed by atoms with Gasteiger partial charge in [-0.05, 0) is 42.5 Å². The Hall–Kier alpha value is -1.70. The van der Waals surface area contributed by atoms with Gasteiger partial charge < -0.3 is 5.11 Å². The maximum atomic E-state index is 11.1. The van der Waals surface area contributed by atoms with Crippen LogP contribution in [0.15, 0.2) is 56.8 Å². The number of primary sulfonamides is 1. The summed E-state index contributed by atoms with van der Waals surface area (Å²) in [5, 5.41) is 14.7. The molecule has 0 heterocycles. The summed E-state index contributed by atoms with van der Waals surface area (Å²) in [4.78, 5) is 4.19. The van der Waals surface area contributed by atoms with Crippen LogP contribution in [0.3, 0.4) is 0 Å². The first-order chi connectivity index (χ1) is 9.36. The Morgan fingerprint density at radius 3 is 2.40 bits per heavy atom. The molecular weight excluding hydrogens is 344 g/mol. The summed E-state index contributed by atoms with van der Waals surface area (Å²) in [6, 6.07) is 10.8. The highest BCUT2D eigenvalue weighted by molar-refractivity contribution is 9.10. The fourth-order valence-corrected chi connectivity index (χ4v) is 2.39. The number of hydrogen-bond acceptors (Lipinski definition) is 4. The molecule has 2 aromatic carbocycles. The first-order valence-electron chi connectivity index (χ1n) is 5.52. The Morgan fingerprint density at radius 1 is 1.15 bits per heavy atom. The molecule has 0 spiro atoms. The minimum atomic E-state index is -3.70. The highest BCUT2D eigenvalue weighted by Gasteiger charge is 2.06. The number of nitrogens with two attached hydrogens (primary N) is 1. The zero-order valence-electron chi connectivity index (χ0n) is 10.2. The number of aromatic hydroxyl groups is 1. The molecule has 0 fully saturated rings. The van der Waals surface area contributed by atoms with E-state index < -0.39 is 10.0 Å². The molecule has 2 rings (SSSR count). The quantitative estimate of drug-likeness (QED) is 0.829. The summed E-state index contributed by atoms with van der Waals surface area (Å²) in [7, 11) is -3.70. The van der Waals surface area contributed by atoms with E-state index in [1.54, 1.807) is 18.2 Å². The van der Waals surface area contributed by atoms with Gasteiger partial charge in [0.1, 0.15) is 5.75 Å². The molecule has 104 valence electrons. The van der Waals surface area contributed by atoms with Crippen LogP contribution in [0.4, 0.5) is 5.69 Å². The molecule has 0 aliphatic heterocycles. The molecule has 0 aliphatic carbocycles. The number of phenolic OH excluding ortho intramolecular Hbond substituents is 1. The average molecular weight is 355 g/mol. The molecule has 0 bridgehead atoms. The Bertz CT molecular complexity index is 756. The molecule has 7 heteroatoms. The summed E-state index contributed by atoms with van der Waals surface area (Å²) in [5.74, 6) is 0.109. The van der Waals surface area contributed by atoms with E-state index in [4.69, 9.17) is 5.14 Å². The van der Waals surface area contributed by atoms with Crippen LogP contribution in [0, 0.1) is 0 Å². The van der Waals surface area contributed by atoms with Gasteiger partial charge in [0.15, 0.2) is 0 Å². The fourth-order valence-electron chi connectivity index (χ4n) is 1.49. The molecule has 0 unspecified atom stereocenters. The molecule has 0 aromatic heterocycles. The van der Waals surface area contributed by atoms with E-state index in [-0.39, 0.29) is 10.6 Å². The topological polar surface area (TPSA) is 92.8 Å². The van der Waals surface area contributed by atoms with Gasteiger partial charge in [0.25, 0.3) is 0 Å². The van der Waals surface area contributed by atoms with Crippen molar-refractivity contribution in [3.63, 3.8) is 0 Å². The van der Waals surface area contributed by atoms with E-state index in [9.17, 15) is 13.5 Å². The van der Waals surface area contributed by atoms with Crippen molar-refractivity contribution in [3.8, 4) is 5.75 Å². The first-order valence-corrected chi connectivity index (χ1v) is 7.85. The molecule has 0 radical (unpaired) electrons. The van der Waals surface area contributed by atoms with Crippen LogP contribution in [0.1, 0.15) is 5.56 Å². The number of hydrogen-bond donors (Lipinski definition) is 2. The highest BCUT2D eigenvalue weighted by Crippen LogP contribution is 2.21. The lowest BCUT2D eigenvalue weighted by molar-refractivity contribution is 0.474. The molecule has 0 saturated carbocycles. The van der Waals surface area contributed by atoms with E-state index in [0.29, 0.717) is 11.3 Å². The van der Waals surface area contributed by atoms with Gasteiger partial charge in [0.05, 0.1) is 10.6 Å². The fraction of sp³-hybridized carbons (Fsp3) is 0. The molecular formula is C13H11BrN2O3S.